The molecule has 0 amide bonds. The Morgan fingerprint density at radius 2 is 1.91 bits per heavy atom. The van der Waals surface area contributed by atoms with Crippen LogP contribution in [0.15, 0.2) is 0 Å². The van der Waals surface area contributed by atoms with Crippen molar-refractivity contribution in [1.82, 2.24) is 0 Å². The molecule has 3 heteroatoms. The van der Waals surface area contributed by atoms with E-state index in [-0.39, 0.29) is 11.9 Å². The van der Waals surface area contributed by atoms with E-state index in [1.807, 2.05) is 21.1 Å². The Kier molecular flexibility index (Phi) is 3.69. The number of nitrogens with zero attached hydrogens (tertiary/aromatic N) is 1. The Morgan fingerprint density at radius 1 is 1.45 bits per heavy atom. The highest BCUT2D eigenvalue weighted by molar-refractivity contribution is 5.80. The second-order valence-corrected chi connectivity index (χ2v) is 3.81. The van der Waals surface area contributed by atoms with Crippen molar-refractivity contribution in [2.45, 2.75) is 13.0 Å². The Balaban J connectivity index is 3.99. The largest absolute Gasteiger partial charge is 0.368 e. The van der Waals surface area contributed by atoms with Crippen LogP contribution in [0.5, 0.6) is 0 Å². The summed E-state index contributed by atoms with van der Waals surface area (Å²) in [7, 11) is 7.68. The fraction of sp³-hybridized carbons (Fsp3) is 0.875. The first-order valence-electron chi connectivity index (χ1n) is 3.70. The van der Waals surface area contributed by atoms with Gasteiger partial charge in [-0.05, 0) is 6.92 Å². The van der Waals surface area contributed by atoms with E-state index in [1.54, 1.807) is 14.0 Å². The molecule has 0 bridgehead atoms. The van der Waals surface area contributed by atoms with Crippen LogP contribution in [0.25, 0.3) is 0 Å². The van der Waals surface area contributed by atoms with Crippen LogP contribution in [-0.4, -0.2) is 51.2 Å². The van der Waals surface area contributed by atoms with Gasteiger partial charge in [0.1, 0.15) is 6.54 Å². The highest BCUT2D eigenvalue weighted by Gasteiger charge is 2.20. The molecule has 0 aromatic heterocycles. The second-order valence-electron chi connectivity index (χ2n) is 3.81. The molecule has 0 saturated heterocycles. The number of hydrogen-bond acceptors (Lipinski definition) is 2. The van der Waals surface area contributed by atoms with Crippen LogP contribution >= 0.6 is 0 Å². The first-order chi connectivity index (χ1) is 4.87. The van der Waals surface area contributed by atoms with Gasteiger partial charge in [-0.1, -0.05) is 0 Å². The van der Waals surface area contributed by atoms with Gasteiger partial charge in [-0.25, -0.2) is 0 Å². The minimum absolute atomic E-state index is 0.0977. The number of ketones is 1. The summed E-state index contributed by atoms with van der Waals surface area (Å²) in [6.07, 6.45) is -0.255. The van der Waals surface area contributed by atoms with Crippen molar-refractivity contribution in [1.29, 1.82) is 0 Å². The summed E-state index contributed by atoms with van der Waals surface area (Å²) in [5, 5.41) is 0. The summed E-state index contributed by atoms with van der Waals surface area (Å²) in [5.74, 6) is 0.0977. The third kappa shape index (κ3) is 4.93. The molecule has 0 rings (SSSR count). The number of methoxy groups -OCH3 is 1. The average Bonchev–Trinajstić information content (AvgIpc) is 1.80. The molecule has 66 valence electrons. The zero-order valence-corrected chi connectivity index (χ0v) is 8.05. The third-order valence-corrected chi connectivity index (χ3v) is 1.45. The van der Waals surface area contributed by atoms with Crippen molar-refractivity contribution in [3.63, 3.8) is 0 Å². The molecule has 0 aromatic rings. The molecule has 0 aliphatic heterocycles. The maximum atomic E-state index is 10.9. The number of likely N-dealkylation sites (N-methyl/N-ethyl adjacent to an activating group) is 1. The molecular weight excluding hydrogens is 142 g/mol. The van der Waals surface area contributed by atoms with Crippen LogP contribution in [0.3, 0.4) is 0 Å². The van der Waals surface area contributed by atoms with Crippen LogP contribution in [0.2, 0.25) is 0 Å². The van der Waals surface area contributed by atoms with Gasteiger partial charge in [0.05, 0.1) is 21.1 Å². The molecule has 0 radical (unpaired) electrons. The highest BCUT2D eigenvalue weighted by Crippen LogP contribution is 1.99. The zero-order valence-electron chi connectivity index (χ0n) is 8.05. The molecule has 1 atom stereocenters. The van der Waals surface area contributed by atoms with E-state index < -0.39 is 0 Å². The van der Waals surface area contributed by atoms with Gasteiger partial charge in [-0.2, -0.15) is 0 Å². The van der Waals surface area contributed by atoms with E-state index >= 15 is 0 Å². The monoisotopic (exact) mass is 160 g/mol. The van der Waals surface area contributed by atoms with E-state index in [0.29, 0.717) is 0 Å². The van der Waals surface area contributed by atoms with Gasteiger partial charge in [0.25, 0.3) is 0 Å². The van der Waals surface area contributed by atoms with Gasteiger partial charge < -0.3 is 9.22 Å². The predicted octanol–water partition coefficient (Wildman–Crippen LogP) is 0.297. The van der Waals surface area contributed by atoms with E-state index in [9.17, 15) is 4.79 Å². The van der Waals surface area contributed by atoms with Gasteiger partial charge in [0.2, 0.25) is 0 Å². The van der Waals surface area contributed by atoms with Crippen molar-refractivity contribution in [2.24, 2.45) is 0 Å². The molecule has 0 heterocycles. The number of carbonyl (C=O) groups excluding carboxylic acids is 1. The molecule has 0 N–H and O–H groups in total. The predicted molar refractivity (Wildman–Crippen MR) is 44.4 cm³/mol. The number of quaternary nitrogens is 1. The lowest BCUT2D eigenvalue weighted by Gasteiger charge is -2.27. The highest BCUT2D eigenvalue weighted by atomic mass is 16.5. The third-order valence-electron chi connectivity index (χ3n) is 1.45. The van der Waals surface area contributed by atoms with E-state index in [2.05, 4.69) is 0 Å². The number of ether oxygens (including phenoxy) is 1. The molecule has 0 spiro atoms. The van der Waals surface area contributed by atoms with Crippen molar-refractivity contribution >= 4 is 5.78 Å². The molecule has 0 saturated carbocycles. The van der Waals surface area contributed by atoms with E-state index in [0.717, 1.165) is 11.0 Å². The second kappa shape index (κ2) is 3.83. The zero-order chi connectivity index (χ0) is 9.07. The number of rotatable bonds is 4. The molecule has 0 aliphatic rings. The van der Waals surface area contributed by atoms with Gasteiger partial charge >= 0.3 is 0 Å². The fourth-order valence-electron chi connectivity index (χ4n) is 0.867. The summed E-state index contributed by atoms with van der Waals surface area (Å²) >= 11 is 0. The lowest BCUT2D eigenvalue weighted by atomic mass is 10.2. The topological polar surface area (TPSA) is 26.3 Å². The summed E-state index contributed by atoms with van der Waals surface area (Å²) in [4.78, 5) is 10.9. The van der Waals surface area contributed by atoms with E-state index in [4.69, 9.17) is 4.74 Å². The van der Waals surface area contributed by atoms with Gasteiger partial charge in [0.15, 0.2) is 11.9 Å². The van der Waals surface area contributed by atoms with Crippen LogP contribution in [-0.2, 0) is 9.53 Å². The first kappa shape index (κ1) is 10.6. The van der Waals surface area contributed by atoms with E-state index in [1.165, 1.54) is 0 Å². The van der Waals surface area contributed by atoms with Gasteiger partial charge in [0, 0.05) is 7.11 Å². The minimum atomic E-state index is -0.255. The van der Waals surface area contributed by atoms with Crippen LogP contribution in [0.1, 0.15) is 6.92 Å². The summed E-state index contributed by atoms with van der Waals surface area (Å²) in [5.41, 5.74) is 0. The lowest BCUT2D eigenvalue weighted by Crippen LogP contribution is -2.44. The standard InChI is InChI=1S/C8H18NO2/c1-7(10)8(11-5)6-9(2,3)4/h8H,6H2,1-5H3/q+1/t8-/m1/s1. The number of carbonyl (C=O) groups is 1. The lowest BCUT2D eigenvalue weighted by molar-refractivity contribution is -0.872. The van der Waals surface area contributed by atoms with Crippen molar-refractivity contribution < 1.29 is 14.0 Å². The Bertz CT molecular complexity index is 138. The fourth-order valence-corrected chi connectivity index (χ4v) is 0.867. The van der Waals surface area contributed by atoms with Crippen molar-refractivity contribution in [2.75, 3.05) is 34.8 Å². The Hall–Kier alpha value is -0.410. The average molecular weight is 160 g/mol. The van der Waals surface area contributed by atoms with Crippen molar-refractivity contribution in [3.05, 3.63) is 0 Å². The maximum Gasteiger partial charge on any atom is 0.164 e. The molecule has 0 aliphatic carbocycles. The molecule has 3 nitrogen and oxygen atoms in total. The molecule has 11 heavy (non-hydrogen) atoms. The van der Waals surface area contributed by atoms with Crippen molar-refractivity contribution in [3.8, 4) is 0 Å². The molecular formula is C8H18NO2+. The SMILES string of the molecule is CO[C@H](C[N+](C)(C)C)C(C)=O. The van der Waals surface area contributed by atoms with Crippen LogP contribution in [0, 0.1) is 0 Å². The Labute approximate surface area is 68.5 Å². The Morgan fingerprint density at radius 3 is 2.00 bits per heavy atom. The first-order valence-corrected chi connectivity index (χ1v) is 3.70. The summed E-state index contributed by atoms with van der Waals surface area (Å²) in [6.45, 7) is 2.29. The van der Waals surface area contributed by atoms with Crippen LogP contribution < -0.4 is 0 Å². The normalized spacial score (nSPS) is 14.6. The maximum absolute atomic E-state index is 10.9. The van der Waals surface area contributed by atoms with Gasteiger partial charge in [-0.3, -0.25) is 4.79 Å². The molecule has 0 aromatic carbocycles. The van der Waals surface area contributed by atoms with Gasteiger partial charge in [-0.15, -0.1) is 0 Å². The smallest absolute Gasteiger partial charge is 0.164 e. The number of Topliss-reactive ketones (excluding diaryl/α,β-unsaturated/α-hetero) is 1. The minimum Gasteiger partial charge on any atom is -0.368 e. The molecule has 0 unspecified atom stereocenters. The summed E-state index contributed by atoms with van der Waals surface area (Å²) in [6, 6.07) is 0. The summed E-state index contributed by atoms with van der Waals surface area (Å²) < 4.78 is 5.77. The molecule has 0 fully saturated rings. The van der Waals surface area contributed by atoms with Crippen LogP contribution in [0.4, 0.5) is 0 Å². The quantitative estimate of drug-likeness (QED) is 0.553. The number of hydrogen-bond donors (Lipinski definition) is 0.